The van der Waals surface area contributed by atoms with Crippen molar-refractivity contribution in [3.63, 3.8) is 0 Å². The van der Waals surface area contributed by atoms with E-state index < -0.39 is 23.5 Å². The van der Waals surface area contributed by atoms with Crippen molar-refractivity contribution in [2.24, 2.45) is 10.8 Å². The predicted octanol–water partition coefficient (Wildman–Crippen LogP) is 3.75. The number of carbonyl (C=O) groups is 2. The van der Waals surface area contributed by atoms with Crippen LogP contribution in [0.5, 0.6) is 0 Å². The number of aliphatic carboxylic acids is 1. The molecule has 1 rings (SSSR count). The fourth-order valence-electron chi connectivity index (χ4n) is 3.24. The maximum Gasteiger partial charge on any atom is 0.408 e. The van der Waals surface area contributed by atoms with E-state index >= 15 is 0 Å². The molecule has 1 aromatic rings. The third kappa shape index (κ3) is 8.39. The summed E-state index contributed by atoms with van der Waals surface area (Å²) < 4.78 is 5.17. The number of hydrogen-bond acceptors (Lipinski definition) is 4. The summed E-state index contributed by atoms with van der Waals surface area (Å²) in [6.07, 6.45) is -0.184. The van der Waals surface area contributed by atoms with Crippen LogP contribution in [0.4, 0.5) is 4.79 Å². The van der Waals surface area contributed by atoms with E-state index in [0.717, 1.165) is 5.56 Å². The number of hydrogen-bond donors (Lipinski definition) is 3. The van der Waals surface area contributed by atoms with Crippen molar-refractivity contribution in [1.82, 2.24) is 10.6 Å². The average Bonchev–Trinajstić information content (AvgIpc) is 2.55. The Morgan fingerprint density at radius 1 is 1.19 bits per heavy atom. The lowest BCUT2D eigenvalue weighted by molar-refractivity contribution is -0.143. The summed E-state index contributed by atoms with van der Waals surface area (Å²) in [5, 5.41) is 15.3. The van der Waals surface area contributed by atoms with Crippen molar-refractivity contribution in [2.75, 3.05) is 6.54 Å². The lowest BCUT2D eigenvalue weighted by Gasteiger charge is -2.38. The van der Waals surface area contributed by atoms with Gasteiger partial charge in [-0.05, 0) is 29.7 Å². The molecule has 0 unspecified atom stereocenters. The van der Waals surface area contributed by atoms with Crippen LogP contribution in [0.3, 0.4) is 0 Å². The highest BCUT2D eigenvalue weighted by Gasteiger charge is 2.40. The Morgan fingerprint density at radius 3 is 2.30 bits per heavy atom. The van der Waals surface area contributed by atoms with Crippen LogP contribution >= 0.6 is 12.2 Å². The second-order valence-corrected chi connectivity index (χ2v) is 8.83. The van der Waals surface area contributed by atoms with Gasteiger partial charge in [-0.3, -0.25) is 0 Å². The van der Waals surface area contributed by atoms with Crippen LogP contribution in [0.15, 0.2) is 30.3 Å². The number of ether oxygens (including phenoxy) is 1. The third-order valence-electron chi connectivity index (χ3n) is 4.25. The number of carboxylic acids is 1. The molecular weight excluding hydrogens is 364 g/mol. The number of alkyl carbamates (subject to hydrolysis) is 1. The second kappa shape index (κ2) is 9.69. The summed E-state index contributed by atoms with van der Waals surface area (Å²) in [7, 11) is 0. The highest BCUT2D eigenvalue weighted by Crippen LogP contribution is 2.36. The standard InChI is InChI=1S/C20H30N2O4S/c1-14(27)21-13-19(2,3)12-20(4,5)16(17(23)24)22-18(25)26-11-15-9-7-6-8-10-15/h6-10,16H,11-13H2,1-5H3,(H,21,27)(H,22,25)(H,23,24)/t16-/m1/s1. The number of nitrogens with one attached hydrogen (secondary N) is 2. The van der Waals surface area contributed by atoms with Crippen molar-refractivity contribution < 1.29 is 19.4 Å². The lowest BCUT2D eigenvalue weighted by atomic mass is 9.71. The van der Waals surface area contributed by atoms with Crippen molar-refractivity contribution >= 4 is 29.3 Å². The maximum atomic E-state index is 12.1. The molecule has 0 aliphatic heterocycles. The van der Waals surface area contributed by atoms with Gasteiger partial charge >= 0.3 is 12.1 Å². The molecule has 3 N–H and O–H groups in total. The van der Waals surface area contributed by atoms with Gasteiger partial charge in [0.05, 0.1) is 4.99 Å². The van der Waals surface area contributed by atoms with Gasteiger partial charge in [-0.25, -0.2) is 9.59 Å². The zero-order valence-corrected chi connectivity index (χ0v) is 17.5. The molecule has 6 nitrogen and oxygen atoms in total. The Hall–Kier alpha value is -2.15. The molecule has 0 fully saturated rings. The molecule has 150 valence electrons. The van der Waals surface area contributed by atoms with Gasteiger partial charge in [-0.1, -0.05) is 70.2 Å². The van der Waals surface area contributed by atoms with Gasteiger partial charge in [0.1, 0.15) is 12.6 Å². The van der Waals surface area contributed by atoms with Crippen LogP contribution in [0.25, 0.3) is 0 Å². The number of carboxylic acid groups (broad SMARTS) is 1. The average molecular weight is 395 g/mol. The highest BCUT2D eigenvalue weighted by molar-refractivity contribution is 7.80. The van der Waals surface area contributed by atoms with Gasteiger partial charge in [0.2, 0.25) is 0 Å². The Kier molecular flexibility index (Phi) is 8.21. The van der Waals surface area contributed by atoms with Crippen molar-refractivity contribution in [3.05, 3.63) is 35.9 Å². The molecule has 0 spiro atoms. The summed E-state index contributed by atoms with van der Waals surface area (Å²) >= 11 is 5.05. The first-order valence-corrected chi connectivity index (χ1v) is 9.28. The largest absolute Gasteiger partial charge is 0.480 e. The van der Waals surface area contributed by atoms with E-state index in [1.807, 2.05) is 58.0 Å². The number of rotatable bonds is 9. The first-order chi connectivity index (χ1) is 12.4. The van der Waals surface area contributed by atoms with Crippen molar-refractivity contribution in [1.29, 1.82) is 0 Å². The van der Waals surface area contributed by atoms with Crippen LogP contribution in [-0.4, -0.2) is 34.7 Å². The summed E-state index contributed by atoms with van der Waals surface area (Å²) in [6.45, 7) is 10.2. The normalized spacial score (nSPS) is 12.8. The van der Waals surface area contributed by atoms with E-state index in [1.165, 1.54) is 0 Å². The quantitative estimate of drug-likeness (QED) is 0.553. The molecule has 0 aromatic heterocycles. The minimum Gasteiger partial charge on any atom is -0.480 e. The van der Waals surface area contributed by atoms with Crippen LogP contribution in [-0.2, 0) is 16.1 Å². The SMILES string of the molecule is CC(=S)NCC(C)(C)CC(C)(C)[C@H](NC(=O)OCc1ccccc1)C(=O)O. The van der Waals surface area contributed by atoms with E-state index in [0.29, 0.717) is 18.0 Å². The molecule has 0 aliphatic carbocycles. The van der Waals surface area contributed by atoms with E-state index in [-0.39, 0.29) is 12.0 Å². The summed E-state index contributed by atoms with van der Waals surface area (Å²) in [5.41, 5.74) is -0.0769. The lowest BCUT2D eigenvalue weighted by Crippen LogP contribution is -2.52. The molecule has 7 heteroatoms. The minimum atomic E-state index is -1.09. The molecule has 0 aliphatic rings. The van der Waals surface area contributed by atoms with Gasteiger partial charge in [-0.15, -0.1) is 0 Å². The smallest absolute Gasteiger partial charge is 0.408 e. The summed E-state index contributed by atoms with van der Waals surface area (Å²) in [5.74, 6) is -1.09. The number of carbonyl (C=O) groups excluding carboxylic acids is 1. The first-order valence-electron chi connectivity index (χ1n) is 8.87. The van der Waals surface area contributed by atoms with Crippen LogP contribution in [0.2, 0.25) is 0 Å². The Bertz CT molecular complexity index is 659. The Morgan fingerprint density at radius 2 is 1.78 bits per heavy atom. The molecule has 1 amide bonds. The molecule has 0 saturated carbocycles. The molecule has 27 heavy (non-hydrogen) atoms. The number of benzene rings is 1. The van der Waals surface area contributed by atoms with Gasteiger partial charge < -0.3 is 20.5 Å². The molecular formula is C20H30N2O4S. The van der Waals surface area contributed by atoms with E-state index in [1.54, 1.807) is 6.92 Å². The molecule has 1 aromatic carbocycles. The third-order valence-corrected chi connectivity index (χ3v) is 4.40. The molecule has 0 radical (unpaired) electrons. The zero-order chi connectivity index (χ0) is 20.7. The van der Waals surface area contributed by atoms with Gasteiger partial charge in [0.25, 0.3) is 0 Å². The highest BCUT2D eigenvalue weighted by atomic mass is 32.1. The van der Waals surface area contributed by atoms with E-state index in [4.69, 9.17) is 17.0 Å². The molecule has 1 atom stereocenters. The summed E-state index contributed by atoms with van der Waals surface area (Å²) in [4.78, 5) is 24.6. The number of thiocarbonyl (C=S) groups is 1. The van der Waals surface area contributed by atoms with Crippen molar-refractivity contribution in [2.45, 2.75) is 53.7 Å². The Labute approximate surface area is 166 Å². The van der Waals surface area contributed by atoms with E-state index in [2.05, 4.69) is 10.6 Å². The minimum absolute atomic E-state index is 0.0861. The molecule has 0 bridgehead atoms. The topological polar surface area (TPSA) is 87.7 Å². The van der Waals surface area contributed by atoms with E-state index in [9.17, 15) is 14.7 Å². The van der Waals surface area contributed by atoms with Crippen LogP contribution in [0, 0.1) is 10.8 Å². The van der Waals surface area contributed by atoms with Gasteiger partial charge in [0.15, 0.2) is 0 Å². The van der Waals surface area contributed by atoms with Gasteiger partial charge in [-0.2, -0.15) is 0 Å². The first kappa shape index (κ1) is 22.9. The maximum absolute atomic E-state index is 12.1. The van der Waals surface area contributed by atoms with Crippen molar-refractivity contribution in [3.8, 4) is 0 Å². The Balaban J connectivity index is 2.72. The fourth-order valence-corrected chi connectivity index (χ4v) is 3.31. The summed E-state index contributed by atoms with van der Waals surface area (Å²) in [6, 6.07) is 8.15. The fraction of sp³-hybridized carbons (Fsp3) is 0.550. The second-order valence-electron chi connectivity index (χ2n) is 8.22. The monoisotopic (exact) mass is 394 g/mol. The van der Waals surface area contributed by atoms with Gasteiger partial charge in [0, 0.05) is 6.54 Å². The van der Waals surface area contributed by atoms with Crippen LogP contribution < -0.4 is 10.6 Å². The predicted molar refractivity (Wildman–Crippen MR) is 110 cm³/mol. The number of amides is 1. The zero-order valence-electron chi connectivity index (χ0n) is 16.7. The molecule has 0 saturated heterocycles. The molecule has 0 heterocycles. The van der Waals surface area contributed by atoms with Crippen LogP contribution in [0.1, 0.15) is 46.6 Å².